The van der Waals surface area contributed by atoms with Gasteiger partial charge in [-0.1, -0.05) is 13.0 Å². The van der Waals surface area contributed by atoms with E-state index in [1.54, 1.807) is 38.1 Å². The molecule has 7 heteroatoms. The van der Waals surface area contributed by atoms with Gasteiger partial charge in [0.15, 0.2) is 11.5 Å². The first kappa shape index (κ1) is 19.3. The zero-order chi connectivity index (χ0) is 20.3. The van der Waals surface area contributed by atoms with Gasteiger partial charge >= 0.3 is 5.97 Å². The third-order valence-electron chi connectivity index (χ3n) is 4.14. The molecule has 0 spiro atoms. The lowest BCUT2D eigenvalue weighted by Crippen LogP contribution is -2.21. The van der Waals surface area contributed by atoms with Crippen LogP contribution in [0.25, 0.3) is 6.08 Å². The maximum atomic E-state index is 13.1. The minimum absolute atomic E-state index is 0.248. The second kappa shape index (κ2) is 8.04. The summed E-state index contributed by atoms with van der Waals surface area (Å²) < 4.78 is 23.6. The number of hydrazone groups is 1. The van der Waals surface area contributed by atoms with Crippen LogP contribution in [0.2, 0.25) is 0 Å². The molecule has 144 valence electrons. The summed E-state index contributed by atoms with van der Waals surface area (Å²) in [7, 11) is 1.47. The Morgan fingerprint density at radius 1 is 1.18 bits per heavy atom. The van der Waals surface area contributed by atoms with Crippen molar-refractivity contribution in [2.24, 2.45) is 5.10 Å². The monoisotopic (exact) mass is 382 g/mol. The maximum Gasteiger partial charge on any atom is 0.311 e. The molecule has 0 fully saturated rings. The van der Waals surface area contributed by atoms with E-state index in [0.717, 1.165) is 0 Å². The SMILES string of the molecule is CCC(=O)Oc1ccc(/C=C2\C(=O)N(c3ccc(F)cc3)N=C2C)cc1OC. The molecule has 0 saturated carbocycles. The number of ether oxygens (including phenoxy) is 2. The molecule has 0 saturated heterocycles. The summed E-state index contributed by atoms with van der Waals surface area (Å²) in [6.45, 7) is 3.43. The van der Waals surface area contributed by atoms with Crippen molar-refractivity contribution in [3.63, 3.8) is 0 Å². The minimum Gasteiger partial charge on any atom is -0.493 e. The van der Waals surface area contributed by atoms with Crippen molar-refractivity contribution in [3.8, 4) is 11.5 Å². The number of esters is 1. The molecule has 2 aromatic rings. The van der Waals surface area contributed by atoms with Crippen LogP contribution in [0.4, 0.5) is 10.1 Å². The first-order valence-corrected chi connectivity index (χ1v) is 8.69. The number of rotatable bonds is 5. The van der Waals surface area contributed by atoms with Crippen LogP contribution >= 0.6 is 0 Å². The van der Waals surface area contributed by atoms with Crippen LogP contribution in [0, 0.1) is 5.82 Å². The number of methoxy groups -OCH3 is 1. The fraction of sp³-hybridized carbons (Fsp3) is 0.190. The Bertz CT molecular complexity index is 980. The Kier molecular flexibility index (Phi) is 5.54. The summed E-state index contributed by atoms with van der Waals surface area (Å²) in [4.78, 5) is 24.3. The first-order valence-electron chi connectivity index (χ1n) is 8.69. The van der Waals surface area contributed by atoms with Crippen molar-refractivity contribution >= 4 is 29.4 Å². The second-order valence-corrected chi connectivity index (χ2v) is 6.07. The number of halogens is 1. The van der Waals surface area contributed by atoms with Crippen molar-refractivity contribution in [2.45, 2.75) is 20.3 Å². The third-order valence-corrected chi connectivity index (χ3v) is 4.14. The molecule has 0 aliphatic carbocycles. The smallest absolute Gasteiger partial charge is 0.311 e. The minimum atomic E-state index is -0.386. The largest absolute Gasteiger partial charge is 0.493 e. The van der Waals surface area contributed by atoms with Crippen molar-refractivity contribution in [2.75, 3.05) is 12.1 Å². The maximum absolute atomic E-state index is 13.1. The number of amides is 1. The lowest BCUT2D eigenvalue weighted by molar-refractivity contribution is -0.134. The third kappa shape index (κ3) is 3.93. The summed E-state index contributed by atoms with van der Waals surface area (Å²) in [5.41, 5.74) is 2.11. The number of nitrogens with zero attached hydrogens (tertiary/aromatic N) is 2. The van der Waals surface area contributed by atoms with Crippen LogP contribution in [0.5, 0.6) is 11.5 Å². The molecule has 0 bridgehead atoms. The van der Waals surface area contributed by atoms with Gasteiger partial charge in [0, 0.05) is 6.42 Å². The molecule has 1 aliphatic rings. The molecule has 0 radical (unpaired) electrons. The fourth-order valence-corrected chi connectivity index (χ4v) is 2.66. The van der Waals surface area contributed by atoms with Crippen LogP contribution in [-0.2, 0) is 9.59 Å². The highest BCUT2D eigenvalue weighted by molar-refractivity contribution is 6.32. The fourth-order valence-electron chi connectivity index (χ4n) is 2.66. The number of benzene rings is 2. The summed E-state index contributed by atoms with van der Waals surface area (Å²) >= 11 is 0. The van der Waals surface area contributed by atoms with Crippen molar-refractivity contribution in [1.29, 1.82) is 0 Å². The summed E-state index contributed by atoms with van der Waals surface area (Å²) in [5, 5.41) is 5.50. The van der Waals surface area contributed by atoms with Gasteiger partial charge in [0.2, 0.25) is 0 Å². The zero-order valence-corrected chi connectivity index (χ0v) is 15.7. The second-order valence-electron chi connectivity index (χ2n) is 6.07. The zero-order valence-electron chi connectivity index (χ0n) is 15.7. The lowest BCUT2D eigenvalue weighted by atomic mass is 10.1. The number of hydrogen-bond donors (Lipinski definition) is 0. The Hall–Kier alpha value is -3.48. The van der Waals surface area contributed by atoms with Crippen LogP contribution in [-0.4, -0.2) is 24.7 Å². The van der Waals surface area contributed by atoms with E-state index >= 15 is 0 Å². The number of anilines is 1. The lowest BCUT2D eigenvalue weighted by Gasteiger charge is -2.11. The van der Waals surface area contributed by atoms with Gasteiger partial charge in [0.05, 0.1) is 24.1 Å². The van der Waals surface area contributed by atoms with Crippen LogP contribution in [0.15, 0.2) is 53.1 Å². The molecule has 6 nitrogen and oxygen atoms in total. The molecule has 0 unspecified atom stereocenters. The molecule has 0 atom stereocenters. The Morgan fingerprint density at radius 2 is 1.89 bits per heavy atom. The summed E-state index contributed by atoms with van der Waals surface area (Å²) in [6.07, 6.45) is 1.93. The highest BCUT2D eigenvalue weighted by Crippen LogP contribution is 2.31. The molecule has 0 aromatic heterocycles. The Morgan fingerprint density at radius 3 is 2.54 bits per heavy atom. The highest BCUT2D eigenvalue weighted by atomic mass is 19.1. The van der Waals surface area contributed by atoms with Gasteiger partial charge in [-0.05, 0) is 55.0 Å². The number of carbonyl (C=O) groups is 2. The first-order chi connectivity index (χ1) is 13.4. The van der Waals surface area contributed by atoms with Gasteiger partial charge in [-0.3, -0.25) is 9.59 Å². The predicted octanol–water partition coefficient (Wildman–Crippen LogP) is 3.96. The Labute approximate surface area is 161 Å². The van der Waals surface area contributed by atoms with Crippen molar-refractivity contribution < 1.29 is 23.5 Å². The average molecular weight is 382 g/mol. The van der Waals surface area contributed by atoms with Gasteiger partial charge in [0.25, 0.3) is 5.91 Å². The van der Waals surface area contributed by atoms with Crippen LogP contribution in [0.1, 0.15) is 25.8 Å². The predicted molar refractivity (Wildman–Crippen MR) is 104 cm³/mol. The molecule has 3 rings (SSSR count). The highest BCUT2D eigenvalue weighted by Gasteiger charge is 2.28. The number of carbonyl (C=O) groups excluding carboxylic acids is 2. The molecular weight excluding hydrogens is 363 g/mol. The van der Waals surface area contributed by atoms with E-state index < -0.39 is 0 Å². The molecule has 1 aliphatic heterocycles. The average Bonchev–Trinajstić information content (AvgIpc) is 2.97. The van der Waals surface area contributed by atoms with E-state index in [4.69, 9.17) is 9.47 Å². The summed E-state index contributed by atoms with van der Waals surface area (Å²) in [6, 6.07) is 10.5. The van der Waals surface area contributed by atoms with Gasteiger partial charge in [0.1, 0.15) is 5.82 Å². The van der Waals surface area contributed by atoms with E-state index in [9.17, 15) is 14.0 Å². The van der Waals surface area contributed by atoms with E-state index in [-0.39, 0.29) is 24.1 Å². The quantitative estimate of drug-likeness (QED) is 0.446. The van der Waals surface area contributed by atoms with Crippen molar-refractivity contribution in [3.05, 3.63) is 59.4 Å². The number of hydrogen-bond acceptors (Lipinski definition) is 5. The topological polar surface area (TPSA) is 68.2 Å². The molecule has 0 N–H and O–H groups in total. The Balaban J connectivity index is 1.89. The van der Waals surface area contributed by atoms with Crippen LogP contribution < -0.4 is 14.5 Å². The molecule has 2 aromatic carbocycles. The molecule has 28 heavy (non-hydrogen) atoms. The molecule has 1 heterocycles. The van der Waals surface area contributed by atoms with Gasteiger partial charge < -0.3 is 9.47 Å². The standard InChI is InChI=1S/C21H19FN2O4/c1-4-20(25)28-18-10-5-14(12-19(18)27-3)11-17-13(2)23-24(21(17)26)16-8-6-15(22)7-9-16/h5-12H,4H2,1-3H3/b17-11-. The van der Waals surface area contributed by atoms with E-state index in [1.165, 1.54) is 36.4 Å². The molecular formula is C21H19FN2O4. The van der Waals surface area contributed by atoms with Gasteiger partial charge in [-0.25, -0.2) is 4.39 Å². The van der Waals surface area contributed by atoms with E-state index in [0.29, 0.717) is 34.0 Å². The summed E-state index contributed by atoms with van der Waals surface area (Å²) in [5.74, 6) is -0.375. The normalized spacial score (nSPS) is 15.0. The van der Waals surface area contributed by atoms with Gasteiger partial charge in [-0.2, -0.15) is 10.1 Å². The van der Waals surface area contributed by atoms with Crippen LogP contribution in [0.3, 0.4) is 0 Å². The van der Waals surface area contributed by atoms with E-state index in [2.05, 4.69) is 5.10 Å². The molecule has 1 amide bonds. The van der Waals surface area contributed by atoms with Gasteiger partial charge in [-0.15, -0.1) is 0 Å². The van der Waals surface area contributed by atoms with E-state index in [1.807, 2.05) is 0 Å². The van der Waals surface area contributed by atoms with Crippen molar-refractivity contribution in [1.82, 2.24) is 0 Å².